The topological polar surface area (TPSA) is 84.2 Å². The smallest absolute Gasteiger partial charge is 0.335 e. The molecule has 2 aromatic rings. The standard InChI is InChI=1S/C17H21N3O3/c1-11-15(12(2)20(3)19-11)8-9-16(21)18-10-13-4-6-14(7-5-13)17(22)23/h4-7H,8-10H2,1-3H3,(H,18,21)(H,22,23). The summed E-state index contributed by atoms with van der Waals surface area (Å²) in [4.78, 5) is 22.7. The fourth-order valence-electron chi connectivity index (χ4n) is 2.47. The van der Waals surface area contributed by atoms with Gasteiger partial charge in [0.25, 0.3) is 0 Å². The minimum absolute atomic E-state index is 0.0324. The Morgan fingerprint density at radius 3 is 2.39 bits per heavy atom. The van der Waals surface area contributed by atoms with Crippen LogP contribution in [-0.2, 0) is 24.8 Å². The summed E-state index contributed by atoms with van der Waals surface area (Å²) < 4.78 is 1.83. The monoisotopic (exact) mass is 315 g/mol. The van der Waals surface area contributed by atoms with E-state index < -0.39 is 5.97 Å². The van der Waals surface area contributed by atoms with E-state index >= 15 is 0 Å². The number of carboxylic acids is 1. The maximum Gasteiger partial charge on any atom is 0.335 e. The van der Waals surface area contributed by atoms with Crippen molar-refractivity contribution in [3.63, 3.8) is 0 Å². The van der Waals surface area contributed by atoms with Crippen molar-refractivity contribution in [1.29, 1.82) is 0 Å². The van der Waals surface area contributed by atoms with E-state index in [1.54, 1.807) is 12.1 Å². The van der Waals surface area contributed by atoms with Crippen LogP contribution in [0.15, 0.2) is 24.3 Å². The summed E-state index contributed by atoms with van der Waals surface area (Å²) in [5.74, 6) is -0.988. The summed E-state index contributed by atoms with van der Waals surface area (Å²) in [5.41, 5.74) is 4.27. The van der Waals surface area contributed by atoms with Gasteiger partial charge in [-0.2, -0.15) is 5.10 Å². The van der Waals surface area contributed by atoms with E-state index in [0.717, 1.165) is 22.5 Å². The summed E-state index contributed by atoms with van der Waals surface area (Å²) in [6.07, 6.45) is 1.07. The van der Waals surface area contributed by atoms with Gasteiger partial charge in [-0.25, -0.2) is 4.79 Å². The molecular formula is C17H21N3O3. The molecule has 0 spiro atoms. The zero-order valence-electron chi connectivity index (χ0n) is 13.6. The van der Waals surface area contributed by atoms with Crippen molar-refractivity contribution >= 4 is 11.9 Å². The second kappa shape index (κ2) is 7.09. The van der Waals surface area contributed by atoms with Crippen molar-refractivity contribution in [2.45, 2.75) is 33.2 Å². The molecule has 0 aliphatic carbocycles. The van der Waals surface area contributed by atoms with Crippen molar-refractivity contribution in [3.8, 4) is 0 Å². The molecule has 6 heteroatoms. The van der Waals surface area contributed by atoms with Gasteiger partial charge < -0.3 is 10.4 Å². The predicted molar refractivity (Wildman–Crippen MR) is 86.3 cm³/mol. The number of carboxylic acid groups (broad SMARTS) is 1. The molecule has 6 nitrogen and oxygen atoms in total. The highest BCUT2D eigenvalue weighted by molar-refractivity contribution is 5.87. The number of rotatable bonds is 6. The number of aryl methyl sites for hydroxylation is 2. The van der Waals surface area contributed by atoms with Crippen LogP contribution in [0.2, 0.25) is 0 Å². The molecule has 2 rings (SSSR count). The first-order valence-electron chi connectivity index (χ1n) is 7.46. The summed E-state index contributed by atoms with van der Waals surface area (Å²) in [5, 5.41) is 16.0. The van der Waals surface area contributed by atoms with Crippen molar-refractivity contribution < 1.29 is 14.7 Å². The van der Waals surface area contributed by atoms with Crippen LogP contribution in [0.4, 0.5) is 0 Å². The van der Waals surface area contributed by atoms with Crippen molar-refractivity contribution in [2.75, 3.05) is 0 Å². The lowest BCUT2D eigenvalue weighted by molar-refractivity contribution is -0.121. The molecular weight excluding hydrogens is 294 g/mol. The number of aromatic carboxylic acids is 1. The normalized spacial score (nSPS) is 10.6. The van der Waals surface area contributed by atoms with Gasteiger partial charge in [-0.05, 0) is 43.5 Å². The first-order valence-corrected chi connectivity index (χ1v) is 7.46. The number of amides is 1. The summed E-state index contributed by atoms with van der Waals surface area (Å²) >= 11 is 0. The lowest BCUT2D eigenvalue weighted by atomic mass is 10.1. The molecule has 0 aliphatic heterocycles. The van der Waals surface area contributed by atoms with Crippen LogP contribution < -0.4 is 5.32 Å². The Morgan fingerprint density at radius 2 is 1.87 bits per heavy atom. The fourth-order valence-corrected chi connectivity index (χ4v) is 2.47. The van der Waals surface area contributed by atoms with Gasteiger partial charge in [-0.1, -0.05) is 12.1 Å². The van der Waals surface area contributed by atoms with Gasteiger partial charge in [0, 0.05) is 25.7 Å². The first-order chi connectivity index (χ1) is 10.9. The summed E-state index contributed by atoms with van der Waals surface area (Å²) in [7, 11) is 1.90. The van der Waals surface area contributed by atoms with Gasteiger partial charge in [0.1, 0.15) is 0 Å². The molecule has 1 amide bonds. The predicted octanol–water partition coefficient (Wildman–Crippen LogP) is 1.98. The Hall–Kier alpha value is -2.63. The highest BCUT2D eigenvalue weighted by Crippen LogP contribution is 2.14. The Labute approximate surface area is 135 Å². The van der Waals surface area contributed by atoms with Crippen molar-refractivity contribution in [1.82, 2.24) is 15.1 Å². The number of carbonyl (C=O) groups is 2. The molecule has 2 N–H and O–H groups in total. The minimum atomic E-state index is -0.956. The minimum Gasteiger partial charge on any atom is -0.478 e. The lowest BCUT2D eigenvalue weighted by Crippen LogP contribution is -2.23. The van der Waals surface area contributed by atoms with E-state index in [4.69, 9.17) is 5.11 Å². The molecule has 0 atom stereocenters. The highest BCUT2D eigenvalue weighted by atomic mass is 16.4. The number of benzene rings is 1. The van der Waals surface area contributed by atoms with Gasteiger partial charge >= 0.3 is 5.97 Å². The molecule has 0 fully saturated rings. The molecule has 0 saturated heterocycles. The summed E-state index contributed by atoms with van der Waals surface area (Å²) in [6.45, 7) is 4.34. The van der Waals surface area contributed by atoms with E-state index in [1.807, 2.05) is 25.6 Å². The van der Waals surface area contributed by atoms with Crippen LogP contribution in [0.1, 0.15) is 39.3 Å². The number of hydrogen-bond donors (Lipinski definition) is 2. The number of carbonyl (C=O) groups excluding carboxylic acids is 1. The van der Waals surface area contributed by atoms with Crippen LogP contribution in [0.3, 0.4) is 0 Å². The van der Waals surface area contributed by atoms with Crippen molar-refractivity contribution in [3.05, 3.63) is 52.3 Å². The quantitative estimate of drug-likeness (QED) is 0.854. The molecule has 0 saturated carbocycles. The van der Waals surface area contributed by atoms with E-state index in [9.17, 15) is 9.59 Å². The Morgan fingerprint density at radius 1 is 1.22 bits per heavy atom. The number of aromatic nitrogens is 2. The third-order valence-corrected chi connectivity index (χ3v) is 3.95. The van der Waals surface area contributed by atoms with Crippen LogP contribution in [0, 0.1) is 13.8 Å². The van der Waals surface area contributed by atoms with Crippen LogP contribution in [0.5, 0.6) is 0 Å². The van der Waals surface area contributed by atoms with Gasteiger partial charge in [-0.15, -0.1) is 0 Å². The molecule has 23 heavy (non-hydrogen) atoms. The molecule has 0 aliphatic rings. The largest absolute Gasteiger partial charge is 0.478 e. The maximum absolute atomic E-state index is 12.0. The molecule has 1 heterocycles. The zero-order valence-corrected chi connectivity index (χ0v) is 13.6. The number of nitrogens with zero attached hydrogens (tertiary/aromatic N) is 2. The Balaban J connectivity index is 1.84. The third kappa shape index (κ3) is 4.18. The van der Waals surface area contributed by atoms with Crippen LogP contribution in [-0.4, -0.2) is 26.8 Å². The van der Waals surface area contributed by atoms with E-state index in [1.165, 1.54) is 12.1 Å². The SMILES string of the molecule is Cc1nn(C)c(C)c1CCC(=O)NCc1ccc(C(=O)O)cc1. The van der Waals surface area contributed by atoms with Gasteiger partial charge in [0.15, 0.2) is 0 Å². The van der Waals surface area contributed by atoms with E-state index in [0.29, 0.717) is 19.4 Å². The van der Waals surface area contributed by atoms with Crippen LogP contribution >= 0.6 is 0 Å². The van der Waals surface area contributed by atoms with Crippen LogP contribution in [0.25, 0.3) is 0 Å². The second-order valence-electron chi connectivity index (χ2n) is 5.55. The molecule has 1 aromatic heterocycles. The molecule has 0 radical (unpaired) electrons. The van der Waals surface area contributed by atoms with Gasteiger partial charge in [0.2, 0.25) is 5.91 Å². The molecule has 0 unspecified atom stereocenters. The van der Waals surface area contributed by atoms with Crippen molar-refractivity contribution in [2.24, 2.45) is 7.05 Å². The van der Waals surface area contributed by atoms with Gasteiger partial charge in [0.05, 0.1) is 11.3 Å². The lowest BCUT2D eigenvalue weighted by Gasteiger charge is -2.06. The maximum atomic E-state index is 12.0. The zero-order chi connectivity index (χ0) is 17.0. The average Bonchev–Trinajstić information content (AvgIpc) is 2.76. The van der Waals surface area contributed by atoms with E-state index in [-0.39, 0.29) is 11.5 Å². The number of nitrogens with one attached hydrogen (secondary N) is 1. The van der Waals surface area contributed by atoms with Gasteiger partial charge in [-0.3, -0.25) is 9.48 Å². The Bertz CT molecular complexity index is 717. The third-order valence-electron chi connectivity index (χ3n) is 3.95. The molecule has 1 aromatic carbocycles. The second-order valence-corrected chi connectivity index (χ2v) is 5.55. The number of hydrogen-bond acceptors (Lipinski definition) is 3. The molecule has 0 bridgehead atoms. The van der Waals surface area contributed by atoms with E-state index in [2.05, 4.69) is 10.4 Å². The highest BCUT2D eigenvalue weighted by Gasteiger charge is 2.11. The fraction of sp³-hybridized carbons (Fsp3) is 0.353. The Kier molecular flexibility index (Phi) is 5.16. The summed E-state index contributed by atoms with van der Waals surface area (Å²) in [6, 6.07) is 6.48. The average molecular weight is 315 g/mol. The molecule has 122 valence electrons. The first kappa shape index (κ1) is 16.7.